The monoisotopic (exact) mass is 648 g/mol. The molecule has 0 radical (unpaired) electrons. The normalized spacial score (nSPS) is 15.3. The highest BCUT2D eigenvalue weighted by atomic mass is 79.9. The number of aliphatic carboxylic acids is 1. The molecular weight excluding hydrogens is 628 g/mol. The van der Waals surface area contributed by atoms with E-state index in [0.29, 0.717) is 5.56 Å². The van der Waals surface area contributed by atoms with E-state index in [-0.39, 0.29) is 33.3 Å². The molecule has 2 amide bonds. The number of aromatic nitrogens is 1. The number of para-hydroxylation sites is 1. The molecule has 40 heavy (non-hydrogen) atoms. The fourth-order valence-corrected chi connectivity index (χ4v) is 7.32. The van der Waals surface area contributed by atoms with E-state index in [2.05, 4.69) is 20.9 Å². The van der Waals surface area contributed by atoms with Gasteiger partial charge in [0.25, 0.3) is 15.9 Å². The van der Waals surface area contributed by atoms with E-state index >= 15 is 0 Å². The van der Waals surface area contributed by atoms with Crippen LogP contribution >= 0.6 is 27.5 Å². The van der Waals surface area contributed by atoms with Crippen molar-refractivity contribution in [2.24, 2.45) is 11.5 Å². The second kappa shape index (κ2) is 10.8. The van der Waals surface area contributed by atoms with Gasteiger partial charge in [0.15, 0.2) is 11.5 Å². The number of hydrogen-bond acceptors (Lipinski definition) is 8. The second-order valence-corrected chi connectivity index (χ2v) is 11.7. The summed E-state index contributed by atoms with van der Waals surface area (Å²) in [4.78, 5) is 40.0. The topological polar surface area (TPSA) is 180 Å². The number of nitrogens with zero attached hydrogens (tertiary/aromatic N) is 4. The summed E-state index contributed by atoms with van der Waals surface area (Å²) in [6, 6.07) is 13.8. The van der Waals surface area contributed by atoms with Gasteiger partial charge in [0, 0.05) is 13.2 Å². The summed E-state index contributed by atoms with van der Waals surface area (Å²) in [5, 5.41) is 12.4. The number of hydrazine groups is 1. The second-order valence-electron chi connectivity index (χ2n) is 8.51. The van der Waals surface area contributed by atoms with Gasteiger partial charge in [-0.3, -0.25) is 18.9 Å². The van der Waals surface area contributed by atoms with Crippen LogP contribution < -0.4 is 25.8 Å². The molecule has 0 fully saturated rings. The summed E-state index contributed by atoms with van der Waals surface area (Å²) in [6.07, 6.45) is 1.32. The van der Waals surface area contributed by atoms with E-state index in [1.807, 2.05) is 0 Å². The molecule has 12 nitrogen and oxygen atoms in total. The van der Waals surface area contributed by atoms with Crippen molar-refractivity contribution in [3.63, 3.8) is 0 Å². The van der Waals surface area contributed by atoms with E-state index < -0.39 is 43.4 Å². The predicted octanol–water partition coefficient (Wildman–Crippen LogP) is 2.97. The molecule has 3 aromatic rings. The van der Waals surface area contributed by atoms with Crippen LogP contribution in [0.5, 0.6) is 0 Å². The number of primary amides is 2. The Balaban J connectivity index is 2.09. The van der Waals surface area contributed by atoms with Crippen LogP contribution in [-0.2, 0) is 14.8 Å². The summed E-state index contributed by atoms with van der Waals surface area (Å²) in [6.45, 7) is 1.53. The number of alkyl halides is 1. The predicted molar refractivity (Wildman–Crippen MR) is 154 cm³/mol. The summed E-state index contributed by atoms with van der Waals surface area (Å²) in [5.74, 6) is -3.84. The maximum atomic E-state index is 14.0. The Labute approximate surface area is 242 Å². The number of pyridine rings is 1. The number of rotatable bonds is 8. The number of carbonyl (C=O) groups is 3. The molecule has 1 aliphatic rings. The molecule has 0 saturated heterocycles. The van der Waals surface area contributed by atoms with E-state index in [1.54, 1.807) is 18.2 Å². The quantitative estimate of drug-likeness (QED) is 0.244. The van der Waals surface area contributed by atoms with Crippen LogP contribution in [0.25, 0.3) is 0 Å². The molecule has 5 N–H and O–H groups in total. The highest BCUT2D eigenvalue weighted by Gasteiger charge is 2.50. The number of halogens is 2. The molecule has 0 saturated carbocycles. The number of benzene rings is 2. The summed E-state index contributed by atoms with van der Waals surface area (Å²) < 4.78 is 29.0. The first kappa shape index (κ1) is 28.9. The molecule has 0 aliphatic carbocycles. The maximum Gasteiger partial charge on any atom is 0.355 e. The van der Waals surface area contributed by atoms with Gasteiger partial charge in [0.2, 0.25) is 5.91 Å². The molecule has 4 rings (SSSR count). The fourth-order valence-electron chi connectivity index (χ4n) is 4.33. The molecular formula is C25H22BrClN6O6S. The number of hydrogen-bond donors (Lipinski definition) is 3. The van der Waals surface area contributed by atoms with Gasteiger partial charge in [0.05, 0.1) is 27.5 Å². The van der Waals surface area contributed by atoms with Crippen LogP contribution in [0.15, 0.2) is 71.4 Å². The lowest BCUT2D eigenvalue weighted by molar-refractivity contribution is -0.132. The minimum Gasteiger partial charge on any atom is -0.476 e. The minimum absolute atomic E-state index is 0.0381. The van der Waals surface area contributed by atoms with Gasteiger partial charge in [-0.05, 0) is 42.8 Å². The van der Waals surface area contributed by atoms with E-state index in [0.717, 1.165) is 14.3 Å². The smallest absolute Gasteiger partial charge is 0.355 e. The van der Waals surface area contributed by atoms with Crippen molar-refractivity contribution in [2.75, 3.05) is 21.4 Å². The van der Waals surface area contributed by atoms with Crippen molar-refractivity contribution in [1.29, 1.82) is 0 Å². The Hall–Kier alpha value is -4.14. The Morgan fingerprint density at radius 1 is 1.02 bits per heavy atom. The minimum atomic E-state index is -4.57. The van der Waals surface area contributed by atoms with Crippen molar-refractivity contribution in [1.82, 2.24) is 4.98 Å². The highest BCUT2D eigenvalue weighted by molar-refractivity contribution is 9.09. The first-order chi connectivity index (χ1) is 18.8. The Kier molecular flexibility index (Phi) is 7.78. The Morgan fingerprint density at radius 3 is 2.20 bits per heavy atom. The molecule has 0 spiro atoms. The lowest BCUT2D eigenvalue weighted by atomic mass is 9.98. The third-order valence-electron chi connectivity index (χ3n) is 6.12. The van der Waals surface area contributed by atoms with Crippen LogP contribution in [-0.4, -0.2) is 48.3 Å². The number of carboxylic acids is 1. The van der Waals surface area contributed by atoms with Gasteiger partial charge >= 0.3 is 5.97 Å². The number of carboxylic acid groups (broad SMARTS) is 1. The van der Waals surface area contributed by atoms with Crippen LogP contribution in [0.1, 0.15) is 26.3 Å². The van der Waals surface area contributed by atoms with Crippen LogP contribution in [0.4, 0.5) is 17.2 Å². The van der Waals surface area contributed by atoms with Gasteiger partial charge in [-0.25, -0.2) is 23.2 Å². The molecule has 1 aromatic heterocycles. The molecule has 1 aliphatic heterocycles. The number of amides is 2. The number of anilines is 3. The summed E-state index contributed by atoms with van der Waals surface area (Å²) in [7, 11) is -3.31. The van der Waals surface area contributed by atoms with Crippen molar-refractivity contribution >= 4 is 72.5 Å². The lowest BCUT2D eigenvalue weighted by Gasteiger charge is -2.35. The Bertz CT molecular complexity index is 1680. The molecule has 1 unspecified atom stereocenters. The van der Waals surface area contributed by atoms with Crippen LogP contribution in [0.2, 0.25) is 5.02 Å². The van der Waals surface area contributed by atoms with Crippen molar-refractivity contribution < 1.29 is 27.9 Å². The SMILES string of the molecule is Cc1ccc(N2C(Br)C(S(=O)(=O)N(C)c3ccccc3)=C(C(=O)O)N2c2ncccc2Cl)c(C(N)=O)c1C(N)=O. The lowest BCUT2D eigenvalue weighted by Crippen LogP contribution is -2.44. The first-order valence-electron chi connectivity index (χ1n) is 11.4. The number of sulfonamides is 1. The summed E-state index contributed by atoms with van der Waals surface area (Å²) in [5.41, 5.74) is 10.4. The number of aryl methyl sites for hydroxylation is 1. The molecule has 1 atom stereocenters. The first-order valence-corrected chi connectivity index (χ1v) is 14.1. The van der Waals surface area contributed by atoms with Gasteiger partial charge < -0.3 is 16.6 Å². The number of carbonyl (C=O) groups excluding carboxylic acids is 2. The van der Waals surface area contributed by atoms with Gasteiger partial charge in [-0.15, -0.1) is 0 Å². The molecule has 15 heteroatoms. The zero-order valence-corrected chi connectivity index (χ0v) is 24.1. The molecule has 2 heterocycles. The molecule has 0 bridgehead atoms. The van der Waals surface area contributed by atoms with Gasteiger partial charge in [-0.2, -0.15) is 0 Å². The average molecular weight is 650 g/mol. The van der Waals surface area contributed by atoms with E-state index in [9.17, 15) is 27.9 Å². The zero-order chi connectivity index (χ0) is 29.5. The molecule has 208 valence electrons. The van der Waals surface area contributed by atoms with Crippen molar-refractivity contribution in [3.8, 4) is 0 Å². The average Bonchev–Trinajstić information content (AvgIpc) is 3.22. The standard InChI is InChI=1S/C25H22BrClN6O6S/c1-13-10-11-16(18(23(29)35)17(13)22(28)34)32-21(26)20(40(38,39)31(2)14-7-4-3-5-8-14)19(25(36)37)33(32)24-15(27)9-6-12-30-24/h3-12,21H,1-2H3,(H2,28,34)(H2,29,35)(H,36,37). The summed E-state index contributed by atoms with van der Waals surface area (Å²) >= 11 is 9.75. The van der Waals surface area contributed by atoms with Gasteiger partial charge in [0.1, 0.15) is 9.86 Å². The van der Waals surface area contributed by atoms with Crippen molar-refractivity contribution in [3.05, 3.63) is 93.1 Å². The van der Waals surface area contributed by atoms with E-state index in [4.69, 9.17) is 23.1 Å². The van der Waals surface area contributed by atoms with E-state index in [1.165, 1.54) is 56.6 Å². The van der Waals surface area contributed by atoms with Gasteiger partial charge in [-0.1, -0.05) is 51.8 Å². The number of nitrogens with two attached hydrogens (primary N) is 2. The highest BCUT2D eigenvalue weighted by Crippen LogP contribution is 2.46. The largest absolute Gasteiger partial charge is 0.476 e. The van der Waals surface area contributed by atoms with Crippen molar-refractivity contribution in [2.45, 2.75) is 11.9 Å². The van der Waals surface area contributed by atoms with Crippen LogP contribution in [0.3, 0.4) is 0 Å². The Morgan fingerprint density at radius 2 is 1.65 bits per heavy atom. The third kappa shape index (κ3) is 4.74. The maximum absolute atomic E-state index is 14.0. The fraction of sp³-hybridized carbons (Fsp3) is 0.120. The van der Waals surface area contributed by atoms with Crippen LogP contribution in [0, 0.1) is 6.92 Å². The third-order valence-corrected chi connectivity index (χ3v) is 9.47. The molecule has 2 aromatic carbocycles. The zero-order valence-electron chi connectivity index (χ0n) is 20.9.